The molecule has 1 unspecified atom stereocenters. The first-order valence-electron chi connectivity index (χ1n) is 11.6. The third-order valence-electron chi connectivity index (χ3n) is 6.47. The maximum atomic E-state index is 5.95. The molecule has 1 atom stereocenters. The maximum Gasteiger partial charge on any atom is 0.226 e. The highest BCUT2D eigenvalue weighted by atomic mass is 32.1. The Bertz CT molecular complexity index is 879. The Labute approximate surface area is 184 Å². The Morgan fingerprint density at radius 3 is 2.53 bits per heavy atom. The third-order valence-corrected chi connectivity index (χ3v) is 6.88. The molecule has 3 fully saturated rings. The molecule has 2 aromatic rings. The number of hydrogen-bond acceptors (Lipinski definition) is 5. The molecule has 5 rings (SSSR count). The molecule has 3 heterocycles. The van der Waals surface area contributed by atoms with E-state index in [1.165, 1.54) is 44.1 Å². The van der Waals surface area contributed by atoms with E-state index in [4.69, 9.17) is 22.1 Å². The van der Waals surface area contributed by atoms with Crippen molar-refractivity contribution in [2.75, 3.05) is 31.1 Å². The molecule has 1 saturated carbocycles. The van der Waals surface area contributed by atoms with Crippen LogP contribution in [0.25, 0.3) is 0 Å². The summed E-state index contributed by atoms with van der Waals surface area (Å²) in [4.78, 5) is 4.90. The highest BCUT2D eigenvalue weighted by molar-refractivity contribution is 7.71. The van der Waals surface area contributed by atoms with Crippen molar-refractivity contribution < 1.29 is 4.74 Å². The van der Waals surface area contributed by atoms with E-state index in [2.05, 4.69) is 49.4 Å². The van der Waals surface area contributed by atoms with Crippen molar-refractivity contribution in [1.29, 1.82) is 0 Å². The van der Waals surface area contributed by atoms with Crippen molar-refractivity contribution >= 4 is 18.2 Å². The standard InChI is InChI=1S/C23H33N5OS/c30-23-27(24-22(28(23)20-11-12-20)26-13-5-2-6-14-26)18-25(17-21-10-7-15-29-21)16-19-8-3-1-4-9-19/h1,3-4,8-9,20-21H,2,5-7,10-18H2. The predicted octanol–water partition coefficient (Wildman–Crippen LogP) is 4.38. The molecule has 7 heteroatoms. The van der Waals surface area contributed by atoms with Gasteiger partial charge in [0.25, 0.3) is 0 Å². The lowest BCUT2D eigenvalue weighted by molar-refractivity contribution is 0.0567. The minimum atomic E-state index is 0.315. The number of hydrogen-bond donors (Lipinski definition) is 0. The molecule has 0 spiro atoms. The summed E-state index contributed by atoms with van der Waals surface area (Å²) in [6.07, 6.45) is 8.91. The molecule has 3 aliphatic rings. The SMILES string of the molecule is S=c1n(CN(Cc2ccccc2)CC2CCCO2)nc(N2CCCCC2)n1C1CC1. The lowest BCUT2D eigenvalue weighted by atomic mass is 10.1. The van der Waals surface area contributed by atoms with E-state index < -0.39 is 0 Å². The fraction of sp³-hybridized carbons (Fsp3) is 0.652. The summed E-state index contributed by atoms with van der Waals surface area (Å²) in [6, 6.07) is 11.2. The number of ether oxygens (including phenoxy) is 1. The summed E-state index contributed by atoms with van der Waals surface area (Å²) in [6.45, 7) is 5.61. The van der Waals surface area contributed by atoms with Gasteiger partial charge < -0.3 is 9.64 Å². The van der Waals surface area contributed by atoms with Crippen LogP contribution in [0.15, 0.2) is 30.3 Å². The van der Waals surface area contributed by atoms with Gasteiger partial charge in [0.2, 0.25) is 10.7 Å². The highest BCUT2D eigenvalue weighted by Crippen LogP contribution is 2.38. The van der Waals surface area contributed by atoms with Crippen molar-refractivity contribution in [2.45, 2.75) is 70.3 Å². The van der Waals surface area contributed by atoms with E-state index in [9.17, 15) is 0 Å². The molecule has 6 nitrogen and oxygen atoms in total. The third kappa shape index (κ3) is 4.63. The average Bonchev–Trinajstić information content (AvgIpc) is 3.38. The number of rotatable bonds is 8. The van der Waals surface area contributed by atoms with Crippen LogP contribution in [0.3, 0.4) is 0 Å². The van der Waals surface area contributed by atoms with E-state index in [0.29, 0.717) is 18.8 Å². The Hall–Kier alpha value is -1.70. The van der Waals surface area contributed by atoms with E-state index >= 15 is 0 Å². The summed E-state index contributed by atoms with van der Waals surface area (Å²) < 4.78 is 11.2. The molecule has 0 amide bonds. The lowest BCUT2D eigenvalue weighted by Crippen LogP contribution is -2.34. The molecule has 0 N–H and O–H groups in total. The summed E-state index contributed by atoms with van der Waals surface area (Å²) in [5.41, 5.74) is 1.32. The van der Waals surface area contributed by atoms with Gasteiger partial charge in [0.1, 0.15) is 0 Å². The van der Waals surface area contributed by atoms with Crippen molar-refractivity contribution in [3.05, 3.63) is 40.7 Å². The van der Waals surface area contributed by atoms with E-state index in [0.717, 1.165) is 49.9 Å². The van der Waals surface area contributed by atoms with Crippen LogP contribution in [-0.2, 0) is 18.0 Å². The van der Waals surface area contributed by atoms with Gasteiger partial charge in [0, 0.05) is 38.8 Å². The first-order chi connectivity index (χ1) is 14.8. The van der Waals surface area contributed by atoms with E-state index in [-0.39, 0.29) is 0 Å². The fourth-order valence-electron chi connectivity index (χ4n) is 4.74. The monoisotopic (exact) mass is 427 g/mol. The molecular formula is C23H33N5OS. The molecular weight excluding hydrogens is 394 g/mol. The second kappa shape index (κ2) is 9.20. The minimum Gasteiger partial charge on any atom is -0.377 e. The zero-order valence-corrected chi connectivity index (χ0v) is 18.6. The molecule has 162 valence electrons. The minimum absolute atomic E-state index is 0.315. The van der Waals surface area contributed by atoms with Crippen molar-refractivity contribution in [1.82, 2.24) is 19.2 Å². The second-order valence-electron chi connectivity index (χ2n) is 9.00. The summed E-state index contributed by atoms with van der Waals surface area (Å²) in [7, 11) is 0. The zero-order chi connectivity index (χ0) is 20.3. The summed E-state index contributed by atoms with van der Waals surface area (Å²) in [5, 5.41) is 5.07. The van der Waals surface area contributed by atoms with Gasteiger partial charge in [0.05, 0.1) is 12.8 Å². The van der Waals surface area contributed by atoms with Gasteiger partial charge in [-0.2, -0.15) is 0 Å². The van der Waals surface area contributed by atoms with Gasteiger partial charge in [-0.05, 0) is 62.7 Å². The molecule has 2 saturated heterocycles. The Kier molecular flexibility index (Phi) is 6.20. The number of benzene rings is 1. The van der Waals surface area contributed by atoms with E-state index in [1.54, 1.807) is 0 Å². The van der Waals surface area contributed by atoms with Crippen molar-refractivity contribution in [2.24, 2.45) is 0 Å². The predicted molar refractivity (Wildman–Crippen MR) is 121 cm³/mol. The van der Waals surface area contributed by atoms with Crippen molar-refractivity contribution in [3.63, 3.8) is 0 Å². The van der Waals surface area contributed by atoms with Crippen LogP contribution in [0.4, 0.5) is 5.95 Å². The van der Waals surface area contributed by atoms with Crippen LogP contribution in [0.1, 0.15) is 56.6 Å². The fourth-order valence-corrected chi connectivity index (χ4v) is 5.07. The van der Waals surface area contributed by atoms with Gasteiger partial charge in [-0.1, -0.05) is 30.3 Å². The summed E-state index contributed by atoms with van der Waals surface area (Å²) >= 11 is 5.94. The number of anilines is 1. The van der Waals surface area contributed by atoms with Crippen LogP contribution < -0.4 is 4.90 Å². The molecule has 1 aromatic heterocycles. The van der Waals surface area contributed by atoms with Gasteiger partial charge in [-0.15, -0.1) is 5.10 Å². The molecule has 1 aromatic carbocycles. The number of piperidine rings is 1. The molecule has 2 aliphatic heterocycles. The van der Waals surface area contributed by atoms with Crippen LogP contribution in [-0.4, -0.2) is 51.6 Å². The first kappa shape index (κ1) is 20.2. The van der Waals surface area contributed by atoms with Gasteiger partial charge in [-0.25, -0.2) is 4.68 Å². The zero-order valence-electron chi connectivity index (χ0n) is 17.8. The Morgan fingerprint density at radius 1 is 1.03 bits per heavy atom. The van der Waals surface area contributed by atoms with Crippen LogP contribution in [0, 0.1) is 4.77 Å². The van der Waals surface area contributed by atoms with Gasteiger partial charge >= 0.3 is 0 Å². The maximum absolute atomic E-state index is 5.95. The van der Waals surface area contributed by atoms with Crippen molar-refractivity contribution in [3.8, 4) is 0 Å². The Morgan fingerprint density at radius 2 is 1.83 bits per heavy atom. The smallest absolute Gasteiger partial charge is 0.226 e. The van der Waals surface area contributed by atoms with Crippen LogP contribution >= 0.6 is 12.2 Å². The topological polar surface area (TPSA) is 38.5 Å². The lowest BCUT2D eigenvalue weighted by Gasteiger charge is -2.27. The molecule has 30 heavy (non-hydrogen) atoms. The first-order valence-corrected chi connectivity index (χ1v) is 12.0. The highest BCUT2D eigenvalue weighted by Gasteiger charge is 2.31. The largest absolute Gasteiger partial charge is 0.377 e. The van der Waals surface area contributed by atoms with Gasteiger partial charge in [-0.3, -0.25) is 9.47 Å². The van der Waals surface area contributed by atoms with Crippen LogP contribution in [0.5, 0.6) is 0 Å². The average molecular weight is 428 g/mol. The number of nitrogens with zero attached hydrogens (tertiary/aromatic N) is 5. The Balaban J connectivity index is 1.39. The van der Waals surface area contributed by atoms with Gasteiger partial charge in [0.15, 0.2) is 0 Å². The van der Waals surface area contributed by atoms with E-state index in [1.807, 2.05) is 0 Å². The second-order valence-corrected chi connectivity index (χ2v) is 9.37. The molecule has 1 aliphatic carbocycles. The summed E-state index contributed by atoms with van der Waals surface area (Å²) in [5.74, 6) is 1.10. The quantitative estimate of drug-likeness (QED) is 0.585. The van der Waals surface area contributed by atoms with Crippen LogP contribution in [0.2, 0.25) is 0 Å². The number of aromatic nitrogens is 3. The molecule has 0 radical (unpaired) electrons. The normalized spacial score (nSPS) is 22.2. The molecule has 0 bridgehead atoms.